The molecule has 7 heteroatoms. The van der Waals surface area contributed by atoms with Gasteiger partial charge in [-0.2, -0.15) is 5.10 Å². The summed E-state index contributed by atoms with van der Waals surface area (Å²) in [5.41, 5.74) is 5.17. The molecule has 4 heterocycles. The van der Waals surface area contributed by atoms with Crippen LogP contribution in [0, 0.1) is 6.92 Å². The van der Waals surface area contributed by atoms with E-state index in [9.17, 15) is 0 Å². The molecule has 1 aliphatic rings. The molecular formula is C19H19ClN6. The molecule has 0 bridgehead atoms. The Hall–Kier alpha value is -2.57. The summed E-state index contributed by atoms with van der Waals surface area (Å²) in [6.45, 7) is 6.02. The maximum atomic E-state index is 6.73. The fourth-order valence-corrected chi connectivity index (χ4v) is 4.04. The maximum Gasteiger partial charge on any atom is 0.139 e. The molecule has 3 aromatic heterocycles. The predicted molar refractivity (Wildman–Crippen MR) is 105 cm³/mol. The molecule has 1 saturated heterocycles. The second-order valence-electron chi connectivity index (χ2n) is 6.71. The number of aromatic nitrogens is 4. The lowest BCUT2D eigenvalue weighted by atomic mass is 9.97. The molecule has 5 rings (SSSR count). The zero-order chi connectivity index (χ0) is 17.7. The van der Waals surface area contributed by atoms with E-state index < -0.39 is 0 Å². The van der Waals surface area contributed by atoms with Crippen LogP contribution in [-0.2, 0) is 0 Å². The summed E-state index contributed by atoms with van der Waals surface area (Å²) >= 11 is 6.73. The first-order valence-electron chi connectivity index (χ1n) is 8.78. The van der Waals surface area contributed by atoms with Crippen molar-refractivity contribution < 1.29 is 0 Å². The minimum atomic E-state index is 0.712. The fourth-order valence-electron chi connectivity index (χ4n) is 3.79. The quantitative estimate of drug-likeness (QED) is 0.571. The Labute approximate surface area is 155 Å². The van der Waals surface area contributed by atoms with Crippen LogP contribution in [0.15, 0.2) is 36.8 Å². The molecule has 0 spiro atoms. The van der Waals surface area contributed by atoms with Gasteiger partial charge in [0.2, 0.25) is 0 Å². The topological polar surface area (TPSA) is 61.2 Å². The van der Waals surface area contributed by atoms with Gasteiger partial charge in [0.15, 0.2) is 0 Å². The third-order valence-corrected chi connectivity index (χ3v) is 5.42. The number of nitrogens with zero attached hydrogens (tertiary/aromatic N) is 4. The number of H-pyrrole nitrogens is 1. The monoisotopic (exact) mass is 366 g/mol. The number of hydrogen-bond donors (Lipinski definition) is 2. The summed E-state index contributed by atoms with van der Waals surface area (Å²) in [6, 6.07) is 6.21. The zero-order valence-electron chi connectivity index (χ0n) is 14.5. The molecular weight excluding hydrogens is 348 g/mol. The average molecular weight is 367 g/mol. The summed E-state index contributed by atoms with van der Waals surface area (Å²) < 4.78 is 2.09. The van der Waals surface area contributed by atoms with Gasteiger partial charge in [0.05, 0.1) is 22.9 Å². The SMILES string of the molecule is Cc1ccc2[nH]ncc2c1-c1cc2ncc(N3CCNCC3)n2cc1Cl. The number of rotatable bonds is 2. The van der Waals surface area contributed by atoms with Crippen molar-refractivity contribution in [2.45, 2.75) is 6.92 Å². The van der Waals surface area contributed by atoms with Crippen molar-refractivity contribution >= 4 is 34.0 Å². The van der Waals surface area contributed by atoms with Crippen LogP contribution in [0.2, 0.25) is 5.02 Å². The van der Waals surface area contributed by atoms with Gasteiger partial charge < -0.3 is 10.2 Å². The lowest BCUT2D eigenvalue weighted by molar-refractivity contribution is 0.584. The highest BCUT2D eigenvalue weighted by Gasteiger charge is 2.18. The third kappa shape index (κ3) is 2.37. The Bertz CT molecular complexity index is 1110. The van der Waals surface area contributed by atoms with Crippen molar-refractivity contribution in [2.75, 3.05) is 31.1 Å². The first-order chi connectivity index (χ1) is 12.7. The largest absolute Gasteiger partial charge is 0.354 e. The molecule has 0 radical (unpaired) electrons. The third-order valence-electron chi connectivity index (χ3n) is 5.12. The van der Waals surface area contributed by atoms with E-state index in [1.807, 2.05) is 24.7 Å². The van der Waals surface area contributed by atoms with Crippen molar-refractivity contribution in [1.29, 1.82) is 0 Å². The van der Waals surface area contributed by atoms with Gasteiger partial charge in [-0.1, -0.05) is 17.7 Å². The van der Waals surface area contributed by atoms with Gasteiger partial charge in [0, 0.05) is 43.3 Å². The maximum absolute atomic E-state index is 6.73. The fraction of sp³-hybridized carbons (Fsp3) is 0.263. The van der Waals surface area contributed by atoms with E-state index in [-0.39, 0.29) is 0 Å². The van der Waals surface area contributed by atoms with E-state index >= 15 is 0 Å². The summed E-state index contributed by atoms with van der Waals surface area (Å²) in [5, 5.41) is 12.4. The van der Waals surface area contributed by atoms with Crippen molar-refractivity contribution in [1.82, 2.24) is 24.9 Å². The molecule has 4 aromatic rings. The molecule has 0 atom stereocenters. The van der Waals surface area contributed by atoms with Crippen molar-refractivity contribution in [3.05, 3.63) is 47.4 Å². The molecule has 1 aromatic carbocycles. The van der Waals surface area contributed by atoms with Crippen LogP contribution in [-0.4, -0.2) is 45.8 Å². The van der Waals surface area contributed by atoms with E-state index in [0.717, 1.165) is 59.7 Å². The van der Waals surface area contributed by atoms with Crippen LogP contribution in [0.1, 0.15) is 5.56 Å². The molecule has 1 fully saturated rings. The highest BCUT2D eigenvalue weighted by molar-refractivity contribution is 6.33. The second kappa shape index (κ2) is 6.00. The number of aryl methyl sites for hydroxylation is 1. The number of imidazole rings is 1. The minimum Gasteiger partial charge on any atom is -0.354 e. The molecule has 2 N–H and O–H groups in total. The zero-order valence-corrected chi connectivity index (χ0v) is 15.2. The smallest absolute Gasteiger partial charge is 0.139 e. The molecule has 1 aliphatic heterocycles. The van der Waals surface area contributed by atoms with E-state index in [0.29, 0.717) is 5.02 Å². The van der Waals surface area contributed by atoms with E-state index in [1.54, 1.807) is 0 Å². The van der Waals surface area contributed by atoms with Gasteiger partial charge in [0.1, 0.15) is 11.5 Å². The molecule has 0 unspecified atom stereocenters. The number of nitrogens with one attached hydrogen (secondary N) is 2. The van der Waals surface area contributed by atoms with Crippen LogP contribution in [0.25, 0.3) is 27.7 Å². The average Bonchev–Trinajstić information content (AvgIpc) is 3.28. The predicted octanol–water partition coefficient (Wildman–Crippen LogP) is 3.25. The van der Waals surface area contributed by atoms with Gasteiger partial charge in [-0.3, -0.25) is 9.50 Å². The number of halogens is 1. The van der Waals surface area contributed by atoms with Crippen LogP contribution < -0.4 is 10.2 Å². The standard InChI is InChI=1S/C19H19ClN6/c1-12-2-3-16-14(9-23-24-16)19(12)13-8-17-22-10-18(26(17)11-15(13)20)25-6-4-21-5-7-25/h2-3,8-11,21H,4-7H2,1H3,(H,23,24). The Morgan fingerprint density at radius 2 is 2.00 bits per heavy atom. The first kappa shape index (κ1) is 15.7. The van der Waals surface area contributed by atoms with Gasteiger partial charge >= 0.3 is 0 Å². The number of benzene rings is 1. The van der Waals surface area contributed by atoms with Crippen molar-refractivity contribution in [2.24, 2.45) is 0 Å². The highest BCUT2D eigenvalue weighted by atomic mass is 35.5. The number of anilines is 1. The normalized spacial score (nSPS) is 15.2. The van der Waals surface area contributed by atoms with Crippen molar-refractivity contribution in [3.63, 3.8) is 0 Å². The molecule has 132 valence electrons. The lowest BCUT2D eigenvalue weighted by Crippen LogP contribution is -2.44. The molecule has 0 amide bonds. The number of hydrogen-bond acceptors (Lipinski definition) is 4. The Kier molecular flexibility index (Phi) is 3.62. The molecule has 0 aliphatic carbocycles. The molecule has 0 saturated carbocycles. The summed E-state index contributed by atoms with van der Waals surface area (Å²) in [5.74, 6) is 1.09. The number of fused-ring (bicyclic) bond motifs is 2. The lowest BCUT2D eigenvalue weighted by Gasteiger charge is -2.28. The van der Waals surface area contributed by atoms with E-state index in [1.165, 1.54) is 5.56 Å². The number of aromatic amines is 1. The number of pyridine rings is 1. The van der Waals surface area contributed by atoms with Crippen LogP contribution in [0.3, 0.4) is 0 Å². The van der Waals surface area contributed by atoms with E-state index in [2.05, 4.69) is 48.9 Å². The summed E-state index contributed by atoms with van der Waals surface area (Å²) in [7, 11) is 0. The Morgan fingerprint density at radius 3 is 2.85 bits per heavy atom. The first-order valence-corrected chi connectivity index (χ1v) is 9.15. The summed E-state index contributed by atoms with van der Waals surface area (Å²) in [4.78, 5) is 6.98. The van der Waals surface area contributed by atoms with E-state index in [4.69, 9.17) is 11.6 Å². The van der Waals surface area contributed by atoms with Crippen LogP contribution in [0.4, 0.5) is 5.82 Å². The Morgan fingerprint density at radius 1 is 1.15 bits per heavy atom. The van der Waals surface area contributed by atoms with Crippen LogP contribution in [0.5, 0.6) is 0 Å². The number of piperazine rings is 1. The van der Waals surface area contributed by atoms with Gasteiger partial charge in [0.25, 0.3) is 0 Å². The second-order valence-corrected chi connectivity index (χ2v) is 7.11. The molecule has 6 nitrogen and oxygen atoms in total. The van der Waals surface area contributed by atoms with Gasteiger partial charge in [-0.15, -0.1) is 0 Å². The highest BCUT2D eigenvalue weighted by Crippen LogP contribution is 2.37. The van der Waals surface area contributed by atoms with Crippen molar-refractivity contribution in [3.8, 4) is 11.1 Å². The summed E-state index contributed by atoms with van der Waals surface area (Å²) in [6.07, 6.45) is 5.77. The van der Waals surface area contributed by atoms with Gasteiger partial charge in [-0.05, 0) is 30.2 Å². The van der Waals surface area contributed by atoms with Crippen LogP contribution >= 0.6 is 11.6 Å². The molecule has 26 heavy (non-hydrogen) atoms. The van der Waals surface area contributed by atoms with Gasteiger partial charge in [-0.25, -0.2) is 4.98 Å². The minimum absolute atomic E-state index is 0.712. The Balaban J connectivity index is 1.69.